The van der Waals surface area contributed by atoms with Gasteiger partial charge in [0.2, 0.25) is 5.95 Å². The van der Waals surface area contributed by atoms with E-state index in [-0.39, 0.29) is 6.10 Å². The fourth-order valence-corrected chi connectivity index (χ4v) is 3.83. The molecule has 8 nitrogen and oxygen atoms in total. The number of hydrogen-bond acceptors (Lipinski definition) is 7. The lowest BCUT2D eigenvalue weighted by Gasteiger charge is -2.12. The van der Waals surface area contributed by atoms with Gasteiger partial charge >= 0.3 is 0 Å². The summed E-state index contributed by atoms with van der Waals surface area (Å²) >= 11 is 0. The summed E-state index contributed by atoms with van der Waals surface area (Å²) in [5, 5.41) is 8.74. The van der Waals surface area contributed by atoms with Gasteiger partial charge in [-0.25, -0.2) is 9.67 Å². The van der Waals surface area contributed by atoms with E-state index in [1.54, 1.807) is 11.8 Å². The number of nitrogen functional groups attached to an aromatic ring is 1. The van der Waals surface area contributed by atoms with Crippen LogP contribution in [0.2, 0.25) is 0 Å². The van der Waals surface area contributed by atoms with Crippen LogP contribution < -0.4 is 15.8 Å². The molecule has 1 fully saturated rings. The summed E-state index contributed by atoms with van der Waals surface area (Å²) in [4.78, 5) is 9.44. The minimum absolute atomic E-state index is 0.182. The lowest BCUT2D eigenvalue weighted by atomic mass is 10.1. The van der Waals surface area contributed by atoms with Gasteiger partial charge < -0.3 is 20.5 Å². The Morgan fingerprint density at radius 2 is 1.94 bits per heavy atom. The van der Waals surface area contributed by atoms with Crippen LogP contribution in [0.25, 0.3) is 28.0 Å². The van der Waals surface area contributed by atoms with E-state index in [1.165, 1.54) is 0 Å². The molecule has 0 aliphatic carbocycles. The Hall–Kier alpha value is -3.65. The van der Waals surface area contributed by atoms with Crippen LogP contribution in [0.15, 0.2) is 54.6 Å². The molecule has 31 heavy (non-hydrogen) atoms. The number of nitrogens with two attached hydrogens (primary N) is 1. The molecule has 3 heterocycles. The highest BCUT2D eigenvalue weighted by Gasteiger charge is 2.20. The number of methoxy groups -OCH3 is 1. The van der Waals surface area contributed by atoms with Gasteiger partial charge in [0.1, 0.15) is 11.6 Å². The molecule has 0 radical (unpaired) electrons. The molecule has 1 atom stereocenters. The van der Waals surface area contributed by atoms with Crippen molar-refractivity contribution in [1.82, 2.24) is 19.7 Å². The smallest absolute Gasteiger partial charge is 0.225 e. The van der Waals surface area contributed by atoms with Crippen LogP contribution >= 0.6 is 0 Å². The fraction of sp³-hybridized carbons (Fsp3) is 0.261. The van der Waals surface area contributed by atoms with E-state index in [1.807, 2.05) is 54.6 Å². The minimum atomic E-state index is 0.182. The Bertz CT molecular complexity index is 1180. The van der Waals surface area contributed by atoms with Gasteiger partial charge in [-0.3, -0.25) is 0 Å². The highest BCUT2D eigenvalue weighted by atomic mass is 16.5. The molecule has 0 saturated carbocycles. The number of ether oxygens (including phenoxy) is 2. The van der Waals surface area contributed by atoms with Crippen molar-refractivity contribution in [3.05, 3.63) is 54.6 Å². The molecular formula is C23H24N6O2. The van der Waals surface area contributed by atoms with Crippen molar-refractivity contribution < 1.29 is 9.47 Å². The summed E-state index contributed by atoms with van der Waals surface area (Å²) < 4.78 is 12.7. The van der Waals surface area contributed by atoms with Gasteiger partial charge in [0.05, 0.1) is 30.0 Å². The molecule has 2 aromatic carbocycles. The quantitative estimate of drug-likeness (QED) is 0.495. The number of nitrogens with zero attached hydrogens (tertiary/aromatic N) is 4. The average Bonchev–Trinajstić information content (AvgIpc) is 3.46. The summed E-state index contributed by atoms with van der Waals surface area (Å²) in [7, 11) is 1.64. The highest BCUT2D eigenvalue weighted by molar-refractivity contribution is 5.99. The van der Waals surface area contributed by atoms with Crippen molar-refractivity contribution in [3.8, 4) is 22.7 Å². The van der Waals surface area contributed by atoms with Crippen molar-refractivity contribution in [3.63, 3.8) is 0 Å². The third kappa shape index (κ3) is 3.77. The largest absolute Gasteiger partial charge is 0.497 e. The third-order valence-corrected chi connectivity index (χ3v) is 5.45. The van der Waals surface area contributed by atoms with E-state index in [0.717, 1.165) is 47.5 Å². The minimum Gasteiger partial charge on any atom is -0.497 e. The summed E-state index contributed by atoms with van der Waals surface area (Å²) in [5.41, 5.74) is 9.62. The SMILES string of the molecule is COc1ccc(-n2nc3nc(NC[C@@H]4CCCO4)nc(-c4ccccc4)c3c2N)cc1. The molecule has 2 aromatic heterocycles. The predicted octanol–water partition coefficient (Wildman–Crippen LogP) is 3.66. The van der Waals surface area contributed by atoms with Crippen LogP contribution in [0.1, 0.15) is 12.8 Å². The first-order valence-corrected chi connectivity index (χ1v) is 10.3. The van der Waals surface area contributed by atoms with Crippen LogP contribution in [-0.2, 0) is 4.74 Å². The second-order valence-corrected chi connectivity index (χ2v) is 7.47. The Morgan fingerprint density at radius 3 is 2.65 bits per heavy atom. The van der Waals surface area contributed by atoms with Crippen molar-refractivity contribution in [2.24, 2.45) is 0 Å². The molecule has 0 spiro atoms. The Kier molecular flexibility index (Phi) is 5.13. The Labute approximate surface area is 180 Å². The highest BCUT2D eigenvalue weighted by Crippen LogP contribution is 2.33. The van der Waals surface area contributed by atoms with E-state index in [4.69, 9.17) is 25.3 Å². The summed E-state index contributed by atoms with van der Waals surface area (Å²) in [6.07, 6.45) is 2.31. The zero-order chi connectivity index (χ0) is 21.2. The topological polar surface area (TPSA) is 100 Å². The van der Waals surface area contributed by atoms with E-state index in [9.17, 15) is 0 Å². The van der Waals surface area contributed by atoms with Gasteiger partial charge in [0.25, 0.3) is 0 Å². The van der Waals surface area contributed by atoms with Gasteiger partial charge in [-0.05, 0) is 37.1 Å². The molecule has 1 saturated heterocycles. The number of benzene rings is 2. The molecule has 5 rings (SSSR count). The van der Waals surface area contributed by atoms with Gasteiger partial charge in [-0.2, -0.15) is 4.98 Å². The number of nitrogens with one attached hydrogen (secondary N) is 1. The monoisotopic (exact) mass is 416 g/mol. The predicted molar refractivity (Wildman–Crippen MR) is 121 cm³/mol. The van der Waals surface area contributed by atoms with Gasteiger partial charge in [-0.15, -0.1) is 5.10 Å². The zero-order valence-corrected chi connectivity index (χ0v) is 17.3. The molecular weight excluding hydrogens is 392 g/mol. The molecule has 8 heteroatoms. The first kappa shape index (κ1) is 19.3. The maximum absolute atomic E-state index is 6.55. The Morgan fingerprint density at radius 1 is 1.13 bits per heavy atom. The molecule has 1 aliphatic heterocycles. The maximum atomic E-state index is 6.55. The van der Waals surface area contributed by atoms with E-state index < -0.39 is 0 Å². The second kappa shape index (κ2) is 8.23. The van der Waals surface area contributed by atoms with E-state index >= 15 is 0 Å². The molecule has 0 bridgehead atoms. The van der Waals surface area contributed by atoms with Gasteiger partial charge in [0.15, 0.2) is 5.65 Å². The van der Waals surface area contributed by atoms with Crippen LogP contribution in [-0.4, -0.2) is 46.1 Å². The van der Waals surface area contributed by atoms with Gasteiger partial charge in [0, 0.05) is 18.7 Å². The fourth-order valence-electron chi connectivity index (χ4n) is 3.83. The van der Waals surface area contributed by atoms with Crippen LogP contribution in [0.5, 0.6) is 5.75 Å². The molecule has 1 aliphatic rings. The second-order valence-electron chi connectivity index (χ2n) is 7.47. The normalized spacial score (nSPS) is 16.0. The van der Waals surface area contributed by atoms with Crippen molar-refractivity contribution in [2.45, 2.75) is 18.9 Å². The van der Waals surface area contributed by atoms with Crippen LogP contribution in [0.4, 0.5) is 11.8 Å². The van der Waals surface area contributed by atoms with Crippen molar-refractivity contribution in [1.29, 1.82) is 0 Å². The molecule has 3 N–H and O–H groups in total. The van der Waals surface area contributed by atoms with Crippen LogP contribution in [0, 0.1) is 0 Å². The molecule has 0 amide bonds. The standard InChI is InChI=1S/C23H24N6O2/c1-30-17-11-9-16(10-12-17)29-21(24)19-20(15-6-3-2-4-7-15)26-23(27-22(19)28-29)25-14-18-8-5-13-31-18/h2-4,6-7,9-12,18H,5,8,13-14,24H2,1H3,(H,25,27,28)/t18-/m0/s1. The molecule has 0 unspecified atom stereocenters. The lowest BCUT2D eigenvalue weighted by molar-refractivity contribution is 0.120. The Balaban J connectivity index is 1.60. The first-order valence-electron chi connectivity index (χ1n) is 10.3. The lowest BCUT2D eigenvalue weighted by Crippen LogP contribution is -2.19. The van der Waals surface area contributed by atoms with E-state index in [2.05, 4.69) is 10.3 Å². The number of aromatic nitrogens is 4. The average molecular weight is 416 g/mol. The first-order chi connectivity index (χ1) is 15.2. The summed E-state index contributed by atoms with van der Waals surface area (Å²) in [5.74, 6) is 1.77. The van der Waals surface area contributed by atoms with Crippen LogP contribution in [0.3, 0.4) is 0 Å². The number of rotatable bonds is 6. The van der Waals surface area contributed by atoms with Crippen molar-refractivity contribution in [2.75, 3.05) is 31.3 Å². The summed E-state index contributed by atoms with van der Waals surface area (Å²) in [6.45, 7) is 1.47. The molecule has 158 valence electrons. The zero-order valence-electron chi connectivity index (χ0n) is 17.3. The van der Waals surface area contributed by atoms with E-state index in [0.29, 0.717) is 24.0 Å². The third-order valence-electron chi connectivity index (χ3n) is 5.45. The molecule has 4 aromatic rings. The number of fused-ring (bicyclic) bond motifs is 1. The van der Waals surface area contributed by atoms with Gasteiger partial charge in [-0.1, -0.05) is 30.3 Å². The summed E-state index contributed by atoms with van der Waals surface area (Å²) in [6, 6.07) is 17.5. The maximum Gasteiger partial charge on any atom is 0.225 e. The van der Waals surface area contributed by atoms with Crippen molar-refractivity contribution >= 4 is 22.8 Å². The number of hydrogen-bond donors (Lipinski definition) is 2. The number of anilines is 2.